The summed E-state index contributed by atoms with van der Waals surface area (Å²) >= 11 is 3.37. The molecule has 4 nitrogen and oxygen atoms in total. The zero-order valence-corrected chi connectivity index (χ0v) is 8.94. The van der Waals surface area contributed by atoms with Crippen LogP contribution in [0.3, 0.4) is 0 Å². The Bertz CT molecular complexity index is 424. The molecular formula is C9H9BrN3O+. The number of nitrogen functional groups attached to an aromatic ring is 1. The molecule has 5 heteroatoms. The molecule has 72 valence electrons. The van der Waals surface area contributed by atoms with Gasteiger partial charge in [-0.2, -0.15) is 0 Å². The standard InChI is InChI=1S/C9H9BrN3O/c10-8-3-1-7(2-4-8)5-13-6-9(11)14-12-13/h1-4,6H,5,11H2/q+1. The Kier molecular flexibility index (Phi) is 2.49. The number of anilines is 1. The molecule has 0 unspecified atom stereocenters. The summed E-state index contributed by atoms with van der Waals surface area (Å²) in [6.07, 6.45) is 1.65. The van der Waals surface area contributed by atoms with Gasteiger partial charge in [-0.15, -0.1) is 0 Å². The molecule has 0 amide bonds. The second-order valence-electron chi connectivity index (χ2n) is 2.93. The van der Waals surface area contributed by atoms with Crippen LogP contribution in [0, 0.1) is 0 Å². The highest BCUT2D eigenvalue weighted by Gasteiger charge is 2.08. The second kappa shape index (κ2) is 3.79. The molecule has 0 spiro atoms. The van der Waals surface area contributed by atoms with Gasteiger partial charge in [-0.05, 0) is 16.8 Å². The van der Waals surface area contributed by atoms with Crippen molar-refractivity contribution >= 4 is 21.8 Å². The van der Waals surface area contributed by atoms with E-state index in [4.69, 9.17) is 10.3 Å². The Labute approximate surface area is 89.4 Å². The predicted octanol–water partition coefficient (Wildman–Crippen LogP) is 1.36. The third kappa shape index (κ3) is 2.11. The smallest absolute Gasteiger partial charge is 0.293 e. The summed E-state index contributed by atoms with van der Waals surface area (Å²) in [5, 5.41) is 3.74. The van der Waals surface area contributed by atoms with Crippen LogP contribution in [0.1, 0.15) is 5.56 Å². The van der Waals surface area contributed by atoms with Crippen molar-refractivity contribution in [1.82, 2.24) is 5.27 Å². The normalized spacial score (nSPS) is 10.4. The van der Waals surface area contributed by atoms with Gasteiger partial charge in [-0.25, -0.2) is 0 Å². The lowest BCUT2D eigenvalue weighted by molar-refractivity contribution is -0.754. The van der Waals surface area contributed by atoms with Crippen LogP contribution in [0.25, 0.3) is 0 Å². The Morgan fingerprint density at radius 3 is 2.64 bits per heavy atom. The minimum absolute atomic E-state index is 0.321. The summed E-state index contributed by atoms with van der Waals surface area (Å²) in [6.45, 7) is 0.661. The molecule has 1 aromatic carbocycles. The number of nitrogens with zero attached hydrogens (tertiary/aromatic N) is 2. The average molecular weight is 255 g/mol. The molecule has 0 fully saturated rings. The third-order valence-electron chi connectivity index (χ3n) is 1.79. The van der Waals surface area contributed by atoms with Gasteiger partial charge in [0.2, 0.25) is 11.8 Å². The van der Waals surface area contributed by atoms with Crippen LogP contribution in [0.5, 0.6) is 0 Å². The lowest BCUT2D eigenvalue weighted by atomic mass is 10.2. The summed E-state index contributed by atoms with van der Waals surface area (Å²) in [5.74, 6) is 0.321. The van der Waals surface area contributed by atoms with Gasteiger partial charge < -0.3 is 5.73 Å². The number of nitrogens with two attached hydrogens (primary N) is 1. The summed E-state index contributed by atoms with van der Waals surface area (Å²) in [5.41, 5.74) is 6.54. The predicted molar refractivity (Wildman–Crippen MR) is 54.4 cm³/mol. The largest absolute Gasteiger partial charge is 0.362 e. The number of rotatable bonds is 2. The van der Waals surface area contributed by atoms with Gasteiger partial charge in [0.25, 0.3) is 12.1 Å². The molecule has 1 aromatic heterocycles. The minimum Gasteiger partial charge on any atom is -0.362 e. The first kappa shape index (κ1) is 9.21. The monoisotopic (exact) mass is 254 g/mol. The molecule has 0 saturated heterocycles. The topological polar surface area (TPSA) is 55.9 Å². The Morgan fingerprint density at radius 1 is 1.36 bits per heavy atom. The molecule has 0 atom stereocenters. The van der Waals surface area contributed by atoms with Gasteiger partial charge in [0, 0.05) is 10.0 Å². The van der Waals surface area contributed by atoms with E-state index in [0.29, 0.717) is 12.4 Å². The van der Waals surface area contributed by atoms with Crippen LogP contribution >= 0.6 is 15.9 Å². The van der Waals surface area contributed by atoms with Crippen molar-refractivity contribution in [3.05, 3.63) is 40.5 Å². The van der Waals surface area contributed by atoms with E-state index in [2.05, 4.69) is 21.2 Å². The molecular weight excluding hydrogens is 246 g/mol. The van der Waals surface area contributed by atoms with Crippen molar-refractivity contribution in [3.63, 3.8) is 0 Å². The van der Waals surface area contributed by atoms with Crippen molar-refractivity contribution in [2.45, 2.75) is 6.54 Å². The Morgan fingerprint density at radius 2 is 2.07 bits per heavy atom. The number of aromatic nitrogens is 2. The quantitative estimate of drug-likeness (QED) is 0.824. The van der Waals surface area contributed by atoms with Crippen molar-refractivity contribution in [1.29, 1.82) is 0 Å². The van der Waals surface area contributed by atoms with Crippen LogP contribution in [-0.4, -0.2) is 5.27 Å². The highest BCUT2D eigenvalue weighted by molar-refractivity contribution is 9.10. The maximum absolute atomic E-state index is 5.40. The number of hydrogen-bond acceptors (Lipinski definition) is 3. The maximum atomic E-state index is 5.40. The Balaban J connectivity index is 2.15. The molecule has 0 aliphatic rings. The highest BCUT2D eigenvalue weighted by atomic mass is 79.9. The van der Waals surface area contributed by atoms with E-state index in [0.717, 1.165) is 10.0 Å². The molecule has 0 radical (unpaired) electrons. The number of hydrogen-bond donors (Lipinski definition) is 1. The zero-order valence-electron chi connectivity index (χ0n) is 7.35. The molecule has 1 heterocycles. The van der Waals surface area contributed by atoms with Crippen molar-refractivity contribution < 1.29 is 9.20 Å². The van der Waals surface area contributed by atoms with Gasteiger partial charge in [-0.3, -0.25) is 4.52 Å². The number of halogens is 1. The van der Waals surface area contributed by atoms with Crippen LogP contribution < -0.4 is 10.4 Å². The second-order valence-corrected chi connectivity index (χ2v) is 3.84. The summed E-state index contributed by atoms with van der Waals surface area (Å²) in [4.78, 5) is 0. The fourth-order valence-corrected chi connectivity index (χ4v) is 1.41. The van der Waals surface area contributed by atoms with Gasteiger partial charge in [0.15, 0.2) is 0 Å². The van der Waals surface area contributed by atoms with Gasteiger partial charge >= 0.3 is 0 Å². The Hall–Kier alpha value is -1.36. The SMILES string of the molecule is Nc1c[n+](Cc2ccc(Br)cc2)no1. The third-order valence-corrected chi connectivity index (χ3v) is 2.31. The molecule has 0 aliphatic heterocycles. The molecule has 2 N–H and O–H groups in total. The van der Waals surface area contributed by atoms with Crippen LogP contribution in [0.2, 0.25) is 0 Å². The first-order valence-corrected chi connectivity index (χ1v) is 4.90. The first-order chi connectivity index (χ1) is 6.74. The van der Waals surface area contributed by atoms with Gasteiger partial charge in [0.1, 0.15) is 0 Å². The lowest BCUT2D eigenvalue weighted by Gasteiger charge is -1.92. The van der Waals surface area contributed by atoms with E-state index in [1.54, 1.807) is 10.9 Å². The number of benzene rings is 1. The minimum atomic E-state index is 0.321. The van der Waals surface area contributed by atoms with E-state index in [1.807, 2.05) is 24.3 Å². The van der Waals surface area contributed by atoms with Crippen molar-refractivity contribution in [3.8, 4) is 0 Å². The van der Waals surface area contributed by atoms with Crippen molar-refractivity contribution in [2.75, 3.05) is 5.73 Å². The van der Waals surface area contributed by atoms with E-state index < -0.39 is 0 Å². The molecule has 14 heavy (non-hydrogen) atoms. The van der Waals surface area contributed by atoms with E-state index in [9.17, 15) is 0 Å². The zero-order chi connectivity index (χ0) is 9.97. The van der Waals surface area contributed by atoms with E-state index in [-0.39, 0.29) is 0 Å². The molecule has 2 aromatic rings. The average Bonchev–Trinajstić information content (AvgIpc) is 2.56. The summed E-state index contributed by atoms with van der Waals surface area (Å²) in [6, 6.07) is 8.00. The molecule has 0 aliphatic carbocycles. The summed E-state index contributed by atoms with van der Waals surface area (Å²) in [7, 11) is 0. The van der Waals surface area contributed by atoms with Gasteiger partial charge in [-0.1, -0.05) is 28.1 Å². The fraction of sp³-hybridized carbons (Fsp3) is 0.111. The van der Waals surface area contributed by atoms with Gasteiger partial charge in [0.05, 0.1) is 0 Å². The summed E-state index contributed by atoms with van der Waals surface area (Å²) < 4.78 is 7.45. The molecule has 2 rings (SSSR count). The molecule has 0 saturated carbocycles. The first-order valence-electron chi connectivity index (χ1n) is 4.10. The maximum Gasteiger partial charge on any atom is 0.293 e. The highest BCUT2D eigenvalue weighted by Crippen LogP contribution is 2.10. The van der Waals surface area contributed by atoms with Crippen LogP contribution in [0.15, 0.2) is 39.5 Å². The fourth-order valence-electron chi connectivity index (χ4n) is 1.14. The van der Waals surface area contributed by atoms with E-state index >= 15 is 0 Å². The van der Waals surface area contributed by atoms with E-state index in [1.165, 1.54) is 0 Å². The lowest BCUT2D eigenvalue weighted by Crippen LogP contribution is -2.35. The van der Waals surface area contributed by atoms with Crippen LogP contribution in [0.4, 0.5) is 5.88 Å². The van der Waals surface area contributed by atoms with Crippen molar-refractivity contribution in [2.24, 2.45) is 0 Å². The van der Waals surface area contributed by atoms with Crippen LogP contribution in [-0.2, 0) is 6.54 Å². The molecule has 0 bridgehead atoms.